The number of halogens is 1. The van der Waals surface area contributed by atoms with E-state index >= 15 is 0 Å². The second-order valence-corrected chi connectivity index (χ2v) is 11.8. The lowest BCUT2D eigenvalue weighted by molar-refractivity contribution is -0.171. The monoisotopic (exact) mass is 553 g/mol. The second-order valence-electron chi connectivity index (χ2n) is 11.4. The first-order valence-electron chi connectivity index (χ1n) is 13.0. The average Bonchev–Trinajstić information content (AvgIpc) is 3.15. The number of rotatable bonds is 7. The Morgan fingerprint density at radius 2 is 1.95 bits per heavy atom. The fourth-order valence-electron chi connectivity index (χ4n) is 4.99. The average molecular weight is 554 g/mol. The number of esters is 1. The Hall–Kier alpha value is -3.42. The maximum absolute atomic E-state index is 13.0. The molecule has 2 N–H and O–H groups in total. The smallest absolute Gasteiger partial charge is 0.326 e. The molecule has 0 saturated carbocycles. The van der Waals surface area contributed by atoms with E-state index in [1.54, 1.807) is 10.7 Å². The number of carbonyl (C=O) groups is 1. The minimum absolute atomic E-state index is 0.0592. The quantitative estimate of drug-likeness (QED) is 0.303. The van der Waals surface area contributed by atoms with Crippen molar-refractivity contribution in [3.05, 3.63) is 45.7 Å². The summed E-state index contributed by atoms with van der Waals surface area (Å²) in [5.74, 6) is 0.635. The van der Waals surface area contributed by atoms with Crippen molar-refractivity contribution in [3.63, 3.8) is 0 Å². The minimum atomic E-state index is -0.826. The van der Waals surface area contributed by atoms with Gasteiger partial charge in [0.15, 0.2) is 5.65 Å². The Morgan fingerprint density at radius 1 is 1.28 bits per heavy atom. The summed E-state index contributed by atoms with van der Waals surface area (Å²) in [5.41, 5.74) is 7.94. The summed E-state index contributed by atoms with van der Waals surface area (Å²) in [5, 5.41) is 5.76. The first-order valence-corrected chi connectivity index (χ1v) is 13.4. The lowest BCUT2D eigenvalue weighted by Crippen LogP contribution is -2.60. The molecule has 1 saturated heterocycles. The molecule has 10 nitrogen and oxygen atoms in total. The molecular weight excluding hydrogens is 518 g/mol. The molecule has 1 atom stereocenters. The molecule has 4 rings (SSSR count). The molecule has 0 amide bonds. The van der Waals surface area contributed by atoms with Crippen LogP contribution in [0.3, 0.4) is 0 Å². The molecule has 1 aromatic carbocycles. The fourth-order valence-corrected chi connectivity index (χ4v) is 5.25. The zero-order chi connectivity index (χ0) is 28.9. The third-order valence-corrected chi connectivity index (χ3v) is 7.45. The van der Waals surface area contributed by atoms with Crippen molar-refractivity contribution >= 4 is 40.1 Å². The number of aromatic nitrogens is 4. The molecule has 0 aliphatic carbocycles. The third kappa shape index (κ3) is 5.13. The predicted molar refractivity (Wildman–Crippen MR) is 151 cm³/mol. The van der Waals surface area contributed by atoms with E-state index in [9.17, 15) is 4.79 Å². The lowest BCUT2D eigenvalue weighted by Gasteiger charge is -2.49. The maximum atomic E-state index is 13.0. The number of nitrogens with zero attached hydrogens (tertiary/aromatic N) is 6. The van der Waals surface area contributed by atoms with Crippen molar-refractivity contribution in [3.8, 4) is 5.75 Å². The largest absolute Gasteiger partial charge is 0.495 e. The zero-order valence-corrected chi connectivity index (χ0v) is 24.5. The Morgan fingerprint density at radius 3 is 2.54 bits per heavy atom. The molecule has 1 aliphatic heterocycles. The van der Waals surface area contributed by atoms with E-state index < -0.39 is 11.1 Å². The van der Waals surface area contributed by atoms with Gasteiger partial charge in [-0.1, -0.05) is 11.6 Å². The number of anilines is 1. The fraction of sp³-hybridized carbons (Fsp3) is 0.536. The van der Waals surface area contributed by atoms with Gasteiger partial charge in [-0.05, 0) is 61.5 Å². The number of aryl methyl sites for hydroxylation is 1. The Labute approximate surface area is 234 Å². The highest BCUT2D eigenvalue weighted by Gasteiger charge is 2.46. The summed E-state index contributed by atoms with van der Waals surface area (Å²) in [6.45, 7) is 24.5. The topological polar surface area (TPSA) is 113 Å². The van der Waals surface area contributed by atoms with Crippen LogP contribution in [0.1, 0.15) is 77.2 Å². The molecule has 0 spiro atoms. The Bertz CT molecular complexity index is 1460. The lowest BCUT2D eigenvalue weighted by atomic mass is 9.83. The van der Waals surface area contributed by atoms with Gasteiger partial charge in [0.25, 0.3) is 0 Å². The van der Waals surface area contributed by atoms with Crippen molar-refractivity contribution in [1.82, 2.24) is 24.6 Å². The summed E-state index contributed by atoms with van der Waals surface area (Å²) < 4.78 is 13.7. The number of ether oxygens (including phenoxy) is 2. The van der Waals surface area contributed by atoms with E-state index in [-0.39, 0.29) is 17.9 Å². The molecule has 1 fully saturated rings. The van der Waals surface area contributed by atoms with E-state index in [0.29, 0.717) is 53.0 Å². The maximum Gasteiger partial charge on any atom is 0.326 e. The first-order chi connectivity index (χ1) is 18.2. The van der Waals surface area contributed by atoms with Crippen LogP contribution < -0.4 is 10.5 Å². The molecule has 1 unspecified atom stereocenters. The van der Waals surface area contributed by atoms with Crippen molar-refractivity contribution in [2.45, 2.75) is 78.5 Å². The van der Waals surface area contributed by atoms with Gasteiger partial charge in [0.1, 0.15) is 29.0 Å². The van der Waals surface area contributed by atoms with Crippen LogP contribution >= 0.6 is 11.6 Å². The van der Waals surface area contributed by atoms with E-state index in [4.69, 9.17) is 38.5 Å². The molecule has 2 aromatic heterocycles. The van der Waals surface area contributed by atoms with E-state index in [1.165, 1.54) is 6.33 Å². The van der Waals surface area contributed by atoms with Crippen LogP contribution in [0, 0.1) is 13.5 Å². The normalized spacial score (nSPS) is 15.6. The number of hydrogen-bond donors (Lipinski definition) is 1. The SMILES string of the molecule is [C-]#[N+]c1c(Cl)cc(C(C)n2nc(C)c3c(N)ncnc32)c(OCC)c1C1CN(C(C)(C)C(=O)OC(C)(C)C)C1. The van der Waals surface area contributed by atoms with Crippen LogP contribution in [0.15, 0.2) is 12.4 Å². The number of nitrogen functional groups attached to an aromatic ring is 1. The Balaban J connectivity index is 1.76. The van der Waals surface area contributed by atoms with E-state index in [2.05, 4.69) is 19.7 Å². The van der Waals surface area contributed by atoms with Crippen molar-refractivity contribution in [2.24, 2.45) is 0 Å². The van der Waals surface area contributed by atoms with Gasteiger partial charge in [-0.15, -0.1) is 0 Å². The minimum Gasteiger partial charge on any atom is -0.495 e. The van der Waals surface area contributed by atoms with Gasteiger partial charge in [-0.25, -0.2) is 19.5 Å². The van der Waals surface area contributed by atoms with Gasteiger partial charge in [0.2, 0.25) is 5.69 Å². The van der Waals surface area contributed by atoms with Gasteiger partial charge in [-0.3, -0.25) is 9.69 Å². The number of fused-ring (bicyclic) bond motifs is 1. The van der Waals surface area contributed by atoms with Crippen LogP contribution in [-0.4, -0.2) is 61.5 Å². The van der Waals surface area contributed by atoms with Crippen molar-refractivity contribution < 1.29 is 14.3 Å². The molecule has 3 heterocycles. The van der Waals surface area contributed by atoms with Gasteiger partial charge in [0.05, 0.1) is 30.3 Å². The first kappa shape index (κ1) is 28.6. The van der Waals surface area contributed by atoms with Crippen molar-refractivity contribution in [1.29, 1.82) is 0 Å². The van der Waals surface area contributed by atoms with Gasteiger partial charge in [-0.2, -0.15) is 5.10 Å². The predicted octanol–water partition coefficient (Wildman–Crippen LogP) is 5.45. The molecular formula is C28H36ClN7O3. The summed E-state index contributed by atoms with van der Waals surface area (Å²) >= 11 is 6.73. The van der Waals surface area contributed by atoms with E-state index in [0.717, 1.165) is 16.8 Å². The van der Waals surface area contributed by atoms with Crippen LogP contribution in [0.4, 0.5) is 11.5 Å². The number of likely N-dealkylation sites (tertiary alicyclic amines) is 1. The summed E-state index contributed by atoms with van der Waals surface area (Å²) in [4.78, 5) is 27.4. The van der Waals surface area contributed by atoms with Gasteiger partial charge in [0, 0.05) is 35.2 Å². The van der Waals surface area contributed by atoms with Crippen LogP contribution in [0.25, 0.3) is 15.9 Å². The molecule has 1 aliphatic rings. The highest BCUT2D eigenvalue weighted by atomic mass is 35.5. The Kier molecular flexibility index (Phi) is 7.54. The highest BCUT2D eigenvalue weighted by molar-refractivity contribution is 6.33. The molecule has 208 valence electrons. The number of benzene rings is 1. The zero-order valence-electron chi connectivity index (χ0n) is 23.8. The van der Waals surface area contributed by atoms with Crippen LogP contribution in [-0.2, 0) is 9.53 Å². The van der Waals surface area contributed by atoms with E-state index in [1.807, 2.05) is 55.4 Å². The highest BCUT2D eigenvalue weighted by Crippen LogP contribution is 2.49. The molecule has 11 heteroatoms. The van der Waals surface area contributed by atoms with Crippen LogP contribution in [0.5, 0.6) is 5.75 Å². The van der Waals surface area contributed by atoms with Gasteiger partial charge >= 0.3 is 5.97 Å². The van der Waals surface area contributed by atoms with Gasteiger partial charge < -0.3 is 15.2 Å². The molecule has 0 radical (unpaired) electrons. The number of hydrogen-bond acceptors (Lipinski definition) is 8. The summed E-state index contributed by atoms with van der Waals surface area (Å²) in [6, 6.07) is 1.45. The standard InChI is InChI=1S/C28H36ClN7O3/c1-10-38-23-18(16(3)36-25-20(15(2)34-36)24(30)32-14-33-25)11-19(29)22(31-9)21(23)17-12-35(13-17)28(7,8)26(37)39-27(4,5)6/h11,14,16-17H,10,12-13H2,1-8H3,(H2,30,32,33). The molecule has 0 bridgehead atoms. The van der Waals surface area contributed by atoms with Crippen molar-refractivity contribution in [2.75, 3.05) is 25.4 Å². The molecule has 39 heavy (non-hydrogen) atoms. The molecule has 3 aromatic rings. The number of carbonyl (C=O) groups excluding carboxylic acids is 1. The summed E-state index contributed by atoms with van der Waals surface area (Å²) in [7, 11) is 0. The second kappa shape index (κ2) is 10.3. The number of nitrogens with two attached hydrogens (primary N) is 1. The summed E-state index contributed by atoms with van der Waals surface area (Å²) in [6.07, 6.45) is 1.42. The third-order valence-electron chi connectivity index (χ3n) is 7.16. The van der Waals surface area contributed by atoms with Crippen LogP contribution in [0.2, 0.25) is 5.02 Å².